The van der Waals surface area contributed by atoms with Gasteiger partial charge in [-0.3, -0.25) is 5.01 Å². The van der Waals surface area contributed by atoms with Gasteiger partial charge in [-0.05, 0) is 18.6 Å². The average molecular weight is 385 g/mol. The standard InChI is InChI=1S/C18H24N7OP/c1-11(27)15-5-3-4-13(25(15)19)6-7-16-17-14(20-10-21-17)8-9-24(16)18-23-22-12(2)26-18/h3-6,10-11,16H,7-9,19,27H2,1-2H3,(H,20,21)/b13-6-/t11?,16-/m0/s1. The number of allylic oxidation sites excluding steroid dienone is 4. The maximum absolute atomic E-state index is 6.32. The van der Waals surface area contributed by atoms with Crippen molar-refractivity contribution in [1.82, 2.24) is 25.2 Å². The van der Waals surface area contributed by atoms with Crippen molar-refractivity contribution in [3.63, 3.8) is 0 Å². The molecule has 0 bridgehead atoms. The average Bonchev–Trinajstić information content (AvgIpc) is 3.29. The van der Waals surface area contributed by atoms with Crippen molar-refractivity contribution in [2.75, 3.05) is 11.4 Å². The van der Waals surface area contributed by atoms with Crippen molar-refractivity contribution in [2.45, 2.75) is 38.4 Å². The van der Waals surface area contributed by atoms with Crippen LogP contribution in [0, 0.1) is 6.92 Å². The van der Waals surface area contributed by atoms with Gasteiger partial charge in [-0.2, -0.15) is 0 Å². The number of aromatic nitrogens is 4. The van der Waals surface area contributed by atoms with Crippen molar-refractivity contribution in [3.8, 4) is 0 Å². The molecular weight excluding hydrogens is 361 g/mol. The minimum absolute atomic E-state index is 0.0110. The number of H-pyrrole nitrogens is 1. The molecule has 2 aliphatic rings. The van der Waals surface area contributed by atoms with Gasteiger partial charge < -0.3 is 14.3 Å². The summed E-state index contributed by atoms with van der Waals surface area (Å²) in [6, 6.07) is 0.546. The number of aryl methyl sites for hydroxylation is 1. The highest BCUT2D eigenvalue weighted by atomic mass is 31.0. The molecule has 4 heterocycles. The molecule has 0 amide bonds. The highest BCUT2D eigenvalue weighted by Crippen LogP contribution is 2.34. The van der Waals surface area contributed by atoms with Gasteiger partial charge in [0.15, 0.2) is 0 Å². The monoisotopic (exact) mass is 385 g/mol. The number of imidazole rings is 1. The van der Waals surface area contributed by atoms with Gasteiger partial charge in [-0.1, -0.05) is 24.2 Å². The Kier molecular flexibility index (Phi) is 4.85. The molecule has 9 heteroatoms. The molecular formula is C18H24N7OP. The lowest BCUT2D eigenvalue weighted by Crippen LogP contribution is -2.36. The van der Waals surface area contributed by atoms with Crippen LogP contribution in [0.15, 0.2) is 46.4 Å². The van der Waals surface area contributed by atoms with Gasteiger partial charge >= 0.3 is 6.01 Å². The molecule has 2 aromatic heterocycles. The third-order valence-electron chi connectivity index (χ3n) is 4.91. The largest absolute Gasteiger partial charge is 0.408 e. The molecule has 0 aliphatic carbocycles. The molecule has 8 nitrogen and oxygen atoms in total. The SMILES string of the molecule is Cc1nnc(N2CCc3[nH]cnc3[C@@H]2C/C=C2/C=CC=C(C(C)P)N2N)o1. The number of anilines is 1. The van der Waals surface area contributed by atoms with Crippen LogP contribution < -0.4 is 10.7 Å². The Labute approximate surface area is 160 Å². The third kappa shape index (κ3) is 3.42. The first-order chi connectivity index (χ1) is 13.0. The van der Waals surface area contributed by atoms with E-state index in [9.17, 15) is 0 Å². The first kappa shape index (κ1) is 17.9. The van der Waals surface area contributed by atoms with Gasteiger partial charge in [-0.25, -0.2) is 10.8 Å². The molecule has 0 spiro atoms. The highest BCUT2D eigenvalue weighted by molar-refractivity contribution is 7.18. The quantitative estimate of drug-likeness (QED) is 0.616. The Bertz CT molecular complexity index is 910. The molecule has 3 N–H and O–H groups in total. The normalized spacial score (nSPS) is 22.1. The second-order valence-corrected chi connectivity index (χ2v) is 7.80. The van der Waals surface area contributed by atoms with E-state index in [0.29, 0.717) is 11.9 Å². The third-order valence-corrected chi connectivity index (χ3v) is 5.26. The van der Waals surface area contributed by atoms with Crippen LogP contribution in [0.1, 0.15) is 36.7 Å². The minimum Gasteiger partial charge on any atom is -0.408 e. The maximum atomic E-state index is 6.32. The van der Waals surface area contributed by atoms with E-state index < -0.39 is 0 Å². The number of hydrazine groups is 1. The van der Waals surface area contributed by atoms with Gasteiger partial charge in [0.05, 0.1) is 23.8 Å². The Morgan fingerprint density at radius 3 is 3.07 bits per heavy atom. The molecule has 0 aromatic carbocycles. The predicted molar refractivity (Wildman–Crippen MR) is 107 cm³/mol. The van der Waals surface area contributed by atoms with Crippen LogP contribution in [0.4, 0.5) is 6.01 Å². The van der Waals surface area contributed by atoms with Crippen molar-refractivity contribution >= 4 is 15.3 Å². The number of nitrogens with two attached hydrogens (primary N) is 1. The predicted octanol–water partition coefficient (Wildman–Crippen LogP) is 2.37. The number of nitrogens with one attached hydrogen (secondary N) is 1. The van der Waals surface area contributed by atoms with Gasteiger partial charge in [-0.15, -0.1) is 14.3 Å². The molecule has 3 atom stereocenters. The zero-order valence-electron chi connectivity index (χ0n) is 15.5. The zero-order chi connectivity index (χ0) is 19.0. The highest BCUT2D eigenvalue weighted by Gasteiger charge is 2.32. The minimum atomic E-state index is 0.0110. The summed E-state index contributed by atoms with van der Waals surface area (Å²) >= 11 is 0. The van der Waals surface area contributed by atoms with Crippen molar-refractivity contribution < 1.29 is 4.42 Å². The van der Waals surface area contributed by atoms with Crippen molar-refractivity contribution in [2.24, 2.45) is 5.84 Å². The van der Waals surface area contributed by atoms with E-state index in [4.69, 9.17) is 10.3 Å². The summed E-state index contributed by atoms with van der Waals surface area (Å²) in [5, 5.41) is 9.93. The van der Waals surface area contributed by atoms with Crippen molar-refractivity contribution in [3.05, 3.63) is 59.3 Å². The summed E-state index contributed by atoms with van der Waals surface area (Å²) < 4.78 is 5.69. The molecule has 27 heavy (non-hydrogen) atoms. The van der Waals surface area contributed by atoms with E-state index in [1.807, 2.05) is 18.2 Å². The second-order valence-electron chi connectivity index (χ2n) is 6.80. The van der Waals surface area contributed by atoms with E-state index in [-0.39, 0.29) is 11.7 Å². The summed E-state index contributed by atoms with van der Waals surface area (Å²) in [6.45, 7) is 4.69. The summed E-state index contributed by atoms with van der Waals surface area (Å²) in [5.74, 6) is 6.88. The van der Waals surface area contributed by atoms with E-state index in [1.165, 1.54) is 0 Å². The Morgan fingerprint density at radius 2 is 2.33 bits per heavy atom. The van der Waals surface area contributed by atoms with Crippen LogP contribution in [0.3, 0.4) is 0 Å². The molecule has 2 unspecified atom stereocenters. The number of rotatable bonds is 4. The van der Waals surface area contributed by atoms with Gasteiger partial charge in [0.25, 0.3) is 0 Å². The van der Waals surface area contributed by atoms with Crippen LogP contribution >= 0.6 is 9.24 Å². The molecule has 0 saturated carbocycles. The second kappa shape index (κ2) is 7.29. The van der Waals surface area contributed by atoms with Crippen LogP contribution in [0.5, 0.6) is 0 Å². The van der Waals surface area contributed by atoms with E-state index in [2.05, 4.69) is 47.3 Å². The van der Waals surface area contributed by atoms with Gasteiger partial charge in [0.2, 0.25) is 5.89 Å². The fourth-order valence-electron chi connectivity index (χ4n) is 3.55. The molecule has 0 fully saturated rings. The number of hydrogen-bond donors (Lipinski definition) is 2. The van der Waals surface area contributed by atoms with Gasteiger partial charge in [0.1, 0.15) is 0 Å². The van der Waals surface area contributed by atoms with E-state index in [0.717, 1.165) is 42.2 Å². The molecule has 0 saturated heterocycles. The first-order valence-electron chi connectivity index (χ1n) is 9.02. The van der Waals surface area contributed by atoms with Crippen LogP contribution in [0.25, 0.3) is 0 Å². The van der Waals surface area contributed by atoms with Crippen LogP contribution in [0.2, 0.25) is 0 Å². The number of aromatic amines is 1. The maximum Gasteiger partial charge on any atom is 0.318 e. The topological polar surface area (TPSA) is 100 Å². The Balaban J connectivity index is 1.62. The zero-order valence-corrected chi connectivity index (χ0v) is 16.6. The molecule has 2 aromatic rings. The fraction of sp³-hybridized carbons (Fsp3) is 0.389. The van der Waals surface area contributed by atoms with Crippen molar-refractivity contribution in [1.29, 1.82) is 0 Å². The number of fused-ring (bicyclic) bond motifs is 1. The Morgan fingerprint density at radius 1 is 1.48 bits per heavy atom. The smallest absolute Gasteiger partial charge is 0.318 e. The summed E-state index contributed by atoms with van der Waals surface area (Å²) in [7, 11) is 2.78. The molecule has 142 valence electrons. The van der Waals surface area contributed by atoms with Crippen LogP contribution in [-0.4, -0.2) is 37.4 Å². The molecule has 2 aliphatic heterocycles. The van der Waals surface area contributed by atoms with E-state index >= 15 is 0 Å². The molecule has 4 rings (SSSR count). The Hall–Kier alpha value is -2.44. The first-order valence-corrected chi connectivity index (χ1v) is 9.69. The lowest BCUT2D eigenvalue weighted by Gasteiger charge is -2.33. The number of hydrogen-bond acceptors (Lipinski definition) is 7. The summed E-state index contributed by atoms with van der Waals surface area (Å²) in [4.78, 5) is 9.93. The van der Waals surface area contributed by atoms with Crippen LogP contribution in [-0.2, 0) is 6.42 Å². The number of nitrogens with zero attached hydrogens (tertiary/aromatic N) is 5. The summed E-state index contributed by atoms with van der Waals surface area (Å²) in [6.07, 6.45) is 11.6. The fourth-order valence-corrected chi connectivity index (χ4v) is 3.82. The van der Waals surface area contributed by atoms with Gasteiger partial charge in [0, 0.05) is 36.9 Å². The van der Waals surface area contributed by atoms with E-state index in [1.54, 1.807) is 18.3 Å². The lowest BCUT2D eigenvalue weighted by atomic mass is 9.99. The molecule has 0 radical (unpaired) electrons. The summed E-state index contributed by atoms with van der Waals surface area (Å²) in [5.41, 5.74) is 4.48. The lowest BCUT2D eigenvalue weighted by molar-refractivity contribution is 0.438.